The highest BCUT2D eigenvalue weighted by Crippen LogP contribution is 1.94. The first-order valence-electron chi connectivity index (χ1n) is 4.25. The molecule has 0 spiro atoms. The summed E-state index contributed by atoms with van der Waals surface area (Å²) in [5, 5.41) is 14.7. The summed E-state index contributed by atoms with van der Waals surface area (Å²) in [5.41, 5.74) is 0.840. The lowest BCUT2D eigenvalue weighted by Crippen LogP contribution is -2.22. The minimum Gasteiger partial charge on any atom is -0.478 e. The summed E-state index contributed by atoms with van der Waals surface area (Å²) < 4.78 is 1.63. The number of hydrogen-bond donors (Lipinski definition) is 2. The van der Waals surface area contributed by atoms with Crippen LogP contribution < -0.4 is 5.32 Å². The molecule has 0 fully saturated rings. The Kier molecular flexibility index (Phi) is 3.61. The van der Waals surface area contributed by atoms with Crippen LogP contribution >= 0.6 is 0 Å². The molecule has 0 saturated carbocycles. The molecule has 0 aliphatic carbocycles. The molecule has 2 N–H and O–H groups in total. The predicted molar refractivity (Wildman–Crippen MR) is 51.8 cm³/mol. The molecule has 1 heterocycles. The Morgan fingerprint density at radius 1 is 1.60 bits per heavy atom. The van der Waals surface area contributed by atoms with E-state index in [-0.39, 0.29) is 0 Å². The van der Waals surface area contributed by atoms with Gasteiger partial charge in [0.1, 0.15) is 0 Å². The van der Waals surface area contributed by atoms with Gasteiger partial charge in [0.15, 0.2) is 0 Å². The summed E-state index contributed by atoms with van der Waals surface area (Å²) in [6.45, 7) is 0.319. The van der Waals surface area contributed by atoms with Crippen LogP contribution in [-0.2, 0) is 23.2 Å². The average Bonchev–Trinajstić information content (AvgIpc) is 2.58. The zero-order chi connectivity index (χ0) is 11.3. The van der Waals surface area contributed by atoms with Crippen molar-refractivity contribution >= 4 is 11.9 Å². The molecule has 0 saturated heterocycles. The van der Waals surface area contributed by atoms with Crippen molar-refractivity contribution in [3.05, 3.63) is 30.1 Å². The molecule has 15 heavy (non-hydrogen) atoms. The van der Waals surface area contributed by atoms with Gasteiger partial charge in [-0.1, -0.05) is 0 Å². The van der Waals surface area contributed by atoms with Gasteiger partial charge < -0.3 is 10.4 Å². The molecule has 0 atom stereocenters. The van der Waals surface area contributed by atoms with Crippen LogP contribution in [0.5, 0.6) is 0 Å². The molecule has 0 unspecified atom stereocenters. The van der Waals surface area contributed by atoms with Gasteiger partial charge in [0.2, 0.25) is 5.91 Å². The number of carboxylic acids is 1. The Morgan fingerprint density at radius 2 is 2.33 bits per heavy atom. The minimum absolute atomic E-state index is 0.319. The van der Waals surface area contributed by atoms with Crippen molar-refractivity contribution in [3.8, 4) is 0 Å². The second kappa shape index (κ2) is 4.94. The van der Waals surface area contributed by atoms with E-state index in [4.69, 9.17) is 5.11 Å². The van der Waals surface area contributed by atoms with Crippen LogP contribution in [-0.4, -0.2) is 26.8 Å². The molecule has 0 aromatic carbocycles. The van der Waals surface area contributed by atoms with Crippen LogP contribution in [0.4, 0.5) is 0 Å². The molecule has 1 amide bonds. The van der Waals surface area contributed by atoms with Gasteiger partial charge in [-0.05, 0) is 6.07 Å². The van der Waals surface area contributed by atoms with E-state index in [0.717, 1.165) is 17.8 Å². The fraction of sp³-hybridized carbons (Fsp3) is 0.222. The quantitative estimate of drug-likeness (QED) is 0.665. The van der Waals surface area contributed by atoms with Crippen molar-refractivity contribution in [2.24, 2.45) is 7.05 Å². The highest BCUT2D eigenvalue weighted by molar-refractivity contribution is 5.93. The first-order valence-corrected chi connectivity index (χ1v) is 4.25. The van der Waals surface area contributed by atoms with E-state index in [2.05, 4.69) is 10.4 Å². The first kappa shape index (κ1) is 11.0. The van der Waals surface area contributed by atoms with Crippen LogP contribution in [0.3, 0.4) is 0 Å². The number of hydrogen-bond acceptors (Lipinski definition) is 3. The molecule has 1 aromatic rings. The van der Waals surface area contributed by atoms with E-state index < -0.39 is 11.9 Å². The van der Waals surface area contributed by atoms with Crippen molar-refractivity contribution in [2.75, 3.05) is 0 Å². The van der Waals surface area contributed by atoms with Gasteiger partial charge >= 0.3 is 5.97 Å². The Balaban J connectivity index is 2.41. The Morgan fingerprint density at radius 3 is 2.87 bits per heavy atom. The third-order valence-corrected chi connectivity index (χ3v) is 1.74. The third-order valence-electron chi connectivity index (χ3n) is 1.74. The van der Waals surface area contributed by atoms with Gasteiger partial charge in [0.05, 0.1) is 12.2 Å². The standard InChI is InChI=1S/C9H11N3O3/c1-12-7(4-5-11-12)6-10-8(13)2-3-9(14)15/h2-5H,6H2,1H3,(H,10,13)(H,14,15). The highest BCUT2D eigenvalue weighted by Gasteiger charge is 2.00. The van der Waals surface area contributed by atoms with E-state index in [0.29, 0.717) is 6.54 Å². The van der Waals surface area contributed by atoms with Gasteiger partial charge in [-0.25, -0.2) is 4.79 Å². The first-order chi connectivity index (χ1) is 7.09. The van der Waals surface area contributed by atoms with Gasteiger partial charge in [0, 0.05) is 25.4 Å². The molecule has 1 rings (SSSR count). The lowest BCUT2D eigenvalue weighted by atomic mass is 10.4. The summed E-state index contributed by atoms with van der Waals surface area (Å²) in [4.78, 5) is 21.2. The molecule has 0 aliphatic rings. The number of rotatable bonds is 4. The molecular formula is C9H11N3O3. The zero-order valence-corrected chi connectivity index (χ0v) is 8.17. The fourth-order valence-corrected chi connectivity index (χ4v) is 0.958. The number of aromatic nitrogens is 2. The van der Waals surface area contributed by atoms with Crippen molar-refractivity contribution in [1.82, 2.24) is 15.1 Å². The SMILES string of the molecule is Cn1nccc1CNC(=O)C=CC(=O)O. The second-order valence-electron chi connectivity index (χ2n) is 2.84. The monoisotopic (exact) mass is 209 g/mol. The molecule has 1 aromatic heterocycles. The molecule has 80 valence electrons. The number of nitrogens with one attached hydrogen (secondary N) is 1. The summed E-state index contributed by atoms with van der Waals surface area (Å²) in [6.07, 6.45) is 3.38. The Labute approximate surface area is 86.2 Å². The number of amides is 1. The summed E-state index contributed by atoms with van der Waals surface area (Å²) in [7, 11) is 1.76. The molecule has 0 bridgehead atoms. The van der Waals surface area contributed by atoms with Gasteiger partial charge in [0.25, 0.3) is 0 Å². The van der Waals surface area contributed by atoms with Crippen molar-refractivity contribution < 1.29 is 14.7 Å². The molecule has 6 nitrogen and oxygen atoms in total. The smallest absolute Gasteiger partial charge is 0.328 e. The van der Waals surface area contributed by atoms with Gasteiger partial charge in [-0.15, -0.1) is 0 Å². The average molecular weight is 209 g/mol. The number of aliphatic carboxylic acids is 1. The number of carbonyl (C=O) groups excluding carboxylic acids is 1. The van der Waals surface area contributed by atoms with Crippen LogP contribution in [0, 0.1) is 0 Å². The largest absolute Gasteiger partial charge is 0.478 e. The van der Waals surface area contributed by atoms with Crippen LogP contribution in [0.1, 0.15) is 5.69 Å². The third kappa shape index (κ3) is 3.63. The number of nitrogens with zero attached hydrogens (tertiary/aromatic N) is 2. The number of carbonyl (C=O) groups is 2. The normalized spacial score (nSPS) is 10.5. The Hall–Kier alpha value is -2.11. The number of carboxylic acid groups (broad SMARTS) is 1. The maximum Gasteiger partial charge on any atom is 0.328 e. The fourth-order valence-electron chi connectivity index (χ4n) is 0.958. The van der Waals surface area contributed by atoms with Crippen molar-refractivity contribution in [2.45, 2.75) is 6.54 Å². The van der Waals surface area contributed by atoms with Gasteiger partial charge in [-0.3, -0.25) is 9.48 Å². The maximum atomic E-state index is 11.1. The van der Waals surface area contributed by atoms with Gasteiger partial charge in [-0.2, -0.15) is 5.10 Å². The summed E-state index contributed by atoms with van der Waals surface area (Å²) in [6, 6.07) is 1.77. The topological polar surface area (TPSA) is 84.2 Å². The molecular weight excluding hydrogens is 198 g/mol. The van der Waals surface area contributed by atoms with E-state index in [1.807, 2.05) is 0 Å². The van der Waals surface area contributed by atoms with Crippen LogP contribution in [0.15, 0.2) is 24.4 Å². The van der Waals surface area contributed by atoms with E-state index >= 15 is 0 Å². The zero-order valence-electron chi connectivity index (χ0n) is 8.17. The lowest BCUT2D eigenvalue weighted by Gasteiger charge is -2.01. The van der Waals surface area contributed by atoms with Crippen LogP contribution in [0.2, 0.25) is 0 Å². The molecule has 0 aliphatic heterocycles. The second-order valence-corrected chi connectivity index (χ2v) is 2.84. The van der Waals surface area contributed by atoms with Crippen molar-refractivity contribution in [1.29, 1.82) is 0 Å². The van der Waals surface area contributed by atoms with Crippen LogP contribution in [0.25, 0.3) is 0 Å². The van der Waals surface area contributed by atoms with E-state index in [1.54, 1.807) is 24.0 Å². The molecule has 6 heteroatoms. The van der Waals surface area contributed by atoms with E-state index in [9.17, 15) is 9.59 Å². The lowest BCUT2D eigenvalue weighted by molar-refractivity contribution is -0.131. The highest BCUT2D eigenvalue weighted by atomic mass is 16.4. The van der Waals surface area contributed by atoms with Crippen molar-refractivity contribution in [3.63, 3.8) is 0 Å². The molecule has 0 radical (unpaired) electrons. The predicted octanol–water partition coefficient (Wildman–Crippen LogP) is -0.323. The summed E-state index contributed by atoms with van der Waals surface area (Å²) >= 11 is 0. The number of aryl methyl sites for hydroxylation is 1. The maximum absolute atomic E-state index is 11.1. The Bertz CT molecular complexity index is 395. The minimum atomic E-state index is -1.15. The summed E-state index contributed by atoms with van der Waals surface area (Å²) in [5.74, 6) is -1.59. The van der Waals surface area contributed by atoms with E-state index in [1.165, 1.54) is 0 Å².